The second kappa shape index (κ2) is 19.7. The van der Waals surface area contributed by atoms with Crippen LogP contribution in [0.3, 0.4) is 0 Å². The zero-order chi connectivity index (χ0) is 37.6. The van der Waals surface area contributed by atoms with E-state index in [0.29, 0.717) is 68.2 Å². The molecule has 3 aliphatic rings. The number of hydrogen-bond acceptors (Lipinski definition) is 16. The summed E-state index contributed by atoms with van der Waals surface area (Å²) in [6.45, 7) is 5.72. The minimum Gasteiger partial charge on any atom is -0.461 e. The summed E-state index contributed by atoms with van der Waals surface area (Å²) in [5, 5.41) is 7.31. The molecule has 280 valence electrons. The molecule has 2 aromatic rings. The molecule has 1 fully saturated rings. The topological polar surface area (TPSA) is 218 Å². The van der Waals surface area contributed by atoms with Crippen molar-refractivity contribution >= 4 is 41.0 Å². The highest BCUT2D eigenvalue weighted by molar-refractivity contribution is 6.38. The van der Waals surface area contributed by atoms with Gasteiger partial charge < -0.3 is 32.7 Å². The molecule has 0 bridgehead atoms. The van der Waals surface area contributed by atoms with Crippen molar-refractivity contribution in [3.05, 3.63) is 34.0 Å². The van der Waals surface area contributed by atoms with E-state index in [4.69, 9.17) is 28.0 Å². The average Bonchev–Trinajstić information content (AvgIpc) is 3.59. The molecule has 51 heavy (non-hydrogen) atoms. The van der Waals surface area contributed by atoms with Crippen molar-refractivity contribution in [3.63, 3.8) is 0 Å². The molecule has 0 amide bonds. The van der Waals surface area contributed by atoms with Gasteiger partial charge >= 0.3 is 17.9 Å². The van der Waals surface area contributed by atoms with E-state index in [-0.39, 0.29) is 48.6 Å². The predicted octanol–water partition coefficient (Wildman–Crippen LogP) is 4.39. The monoisotopic (exact) mass is 718 g/mol. The number of Topliss-reactive ketones (excluding diaryl/α,β-unsaturated/α-hetero) is 4. The van der Waals surface area contributed by atoms with Crippen molar-refractivity contribution in [1.82, 2.24) is 10.3 Å². The number of esters is 3. The Hall–Kier alpha value is -4.57. The van der Waals surface area contributed by atoms with E-state index in [0.717, 1.165) is 25.7 Å². The zero-order valence-electron chi connectivity index (χ0n) is 29.8. The Labute approximate surface area is 295 Å². The number of aromatic nitrogens is 2. The molecule has 1 saturated carbocycles. The second-order valence-electron chi connectivity index (χ2n) is 11.8. The smallest absolute Gasteiger partial charge is 0.377 e. The SMILES string of the molecule is CCOC(=O)C(=O)C1CCCCC(OC)(OC)C1=O.CCOC(=O)c1noc2c1CCCCC2=O.CCOC(=O)c1onc2c1CCCCC2=O. The molecule has 0 aromatic carbocycles. The van der Waals surface area contributed by atoms with E-state index in [1.165, 1.54) is 14.2 Å². The van der Waals surface area contributed by atoms with Crippen LogP contribution in [0, 0.1) is 5.92 Å². The summed E-state index contributed by atoms with van der Waals surface area (Å²) in [6, 6.07) is 0. The molecule has 16 heteroatoms. The van der Waals surface area contributed by atoms with Crippen molar-refractivity contribution in [2.75, 3.05) is 34.0 Å². The Morgan fingerprint density at radius 1 is 0.706 bits per heavy atom. The van der Waals surface area contributed by atoms with Crippen LogP contribution in [0.2, 0.25) is 0 Å². The fraction of sp³-hybridized carbons (Fsp3) is 0.629. The number of ketones is 4. The first-order valence-electron chi connectivity index (χ1n) is 17.2. The molecule has 2 aromatic heterocycles. The molecule has 0 saturated heterocycles. The van der Waals surface area contributed by atoms with Gasteiger partial charge in [-0.2, -0.15) is 0 Å². The zero-order valence-corrected chi connectivity index (χ0v) is 29.8. The van der Waals surface area contributed by atoms with Crippen LogP contribution in [0.5, 0.6) is 0 Å². The lowest BCUT2D eigenvalue weighted by Gasteiger charge is -2.29. The van der Waals surface area contributed by atoms with E-state index in [1.807, 2.05) is 0 Å². The minimum absolute atomic E-state index is 0.0493. The van der Waals surface area contributed by atoms with Gasteiger partial charge in [-0.05, 0) is 72.1 Å². The van der Waals surface area contributed by atoms with Gasteiger partial charge in [-0.1, -0.05) is 16.7 Å². The molecule has 0 N–H and O–H groups in total. The van der Waals surface area contributed by atoms with Gasteiger partial charge in [0.05, 0.1) is 25.7 Å². The minimum atomic E-state index is -1.43. The number of carbonyl (C=O) groups excluding carboxylic acids is 7. The Kier molecular flexibility index (Phi) is 15.8. The number of ether oxygens (including phenoxy) is 5. The molecule has 0 spiro atoms. The van der Waals surface area contributed by atoms with Gasteiger partial charge in [0.15, 0.2) is 17.2 Å². The molecular formula is C35H46N2O14. The van der Waals surface area contributed by atoms with Crippen LogP contribution in [0.15, 0.2) is 9.05 Å². The first-order valence-corrected chi connectivity index (χ1v) is 17.2. The molecule has 16 nitrogen and oxygen atoms in total. The first kappa shape index (κ1) is 40.9. The van der Waals surface area contributed by atoms with E-state index in [9.17, 15) is 33.6 Å². The number of methoxy groups -OCH3 is 2. The molecule has 0 radical (unpaired) electrons. The predicted molar refractivity (Wildman–Crippen MR) is 174 cm³/mol. The Balaban J connectivity index is 0.000000207. The number of fused-ring (bicyclic) bond motifs is 2. The third-order valence-corrected chi connectivity index (χ3v) is 8.58. The standard InChI is InChI=1S/C13H20O6.2C11H13NO4/c1-4-19-12(16)10(14)9-7-5-6-8-13(17-2,18-3)11(9)15;1-2-15-11(14)9-7-5-3-4-6-8(13)10(7)16-12-9;1-2-15-11(14)10-7-5-3-4-6-8(13)9(7)12-16-10/h9H,4-8H2,1-3H3;2*2-6H2,1H3. The van der Waals surface area contributed by atoms with Crippen molar-refractivity contribution in [2.45, 2.75) is 104 Å². The van der Waals surface area contributed by atoms with Crippen molar-refractivity contribution < 1.29 is 66.3 Å². The largest absolute Gasteiger partial charge is 0.461 e. The van der Waals surface area contributed by atoms with Gasteiger partial charge in [-0.25, -0.2) is 14.4 Å². The molecule has 5 rings (SSSR count). The summed E-state index contributed by atoms with van der Waals surface area (Å²) < 4.78 is 34.5. The average molecular weight is 719 g/mol. The Bertz CT molecular complexity index is 1490. The Morgan fingerprint density at radius 2 is 1.29 bits per heavy atom. The van der Waals surface area contributed by atoms with Crippen LogP contribution in [-0.2, 0) is 50.9 Å². The molecule has 0 aliphatic heterocycles. The summed E-state index contributed by atoms with van der Waals surface area (Å²) >= 11 is 0. The number of hydrogen-bond donors (Lipinski definition) is 0. The van der Waals surface area contributed by atoms with Gasteiger partial charge in [0, 0.05) is 44.6 Å². The van der Waals surface area contributed by atoms with Crippen LogP contribution in [0.25, 0.3) is 0 Å². The summed E-state index contributed by atoms with van der Waals surface area (Å²) in [7, 11) is 2.72. The van der Waals surface area contributed by atoms with Gasteiger partial charge in [-0.3, -0.25) is 19.2 Å². The lowest BCUT2D eigenvalue weighted by Crippen LogP contribution is -2.48. The van der Waals surface area contributed by atoms with Crippen LogP contribution in [-0.4, -0.2) is 91.2 Å². The maximum Gasteiger partial charge on any atom is 0.377 e. The quantitative estimate of drug-likeness (QED) is 0.0668. The molecule has 2 heterocycles. The molecular weight excluding hydrogens is 672 g/mol. The van der Waals surface area contributed by atoms with Gasteiger partial charge in [0.1, 0.15) is 0 Å². The van der Waals surface area contributed by atoms with E-state index < -0.39 is 41.2 Å². The van der Waals surface area contributed by atoms with Crippen molar-refractivity contribution in [2.24, 2.45) is 5.92 Å². The van der Waals surface area contributed by atoms with Crippen LogP contribution in [0.1, 0.15) is 138 Å². The summed E-state index contributed by atoms with van der Waals surface area (Å²) in [4.78, 5) is 82.2. The second-order valence-corrected chi connectivity index (χ2v) is 11.8. The number of carbonyl (C=O) groups is 7. The lowest BCUT2D eigenvalue weighted by atomic mass is 9.91. The van der Waals surface area contributed by atoms with Crippen LogP contribution in [0.4, 0.5) is 0 Å². The number of nitrogens with zero attached hydrogens (tertiary/aromatic N) is 2. The fourth-order valence-corrected chi connectivity index (χ4v) is 5.95. The highest BCUT2D eigenvalue weighted by atomic mass is 16.7. The van der Waals surface area contributed by atoms with Crippen LogP contribution >= 0.6 is 0 Å². The molecule has 3 aliphatic carbocycles. The molecule has 1 atom stereocenters. The van der Waals surface area contributed by atoms with E-state index in [2.05, 4.69) is 15.1 Å². The van der Waals surface area contributed by atoms with Gasteiger partial charge in [-0.15, -0.1) is 0 Å². The highest BCUT2D eigenvalue weighted by Gasteiger charge is 2.48. The highest BCUT2D eigenvalue weighted by Crippen LogP contribution is 2.32. The van der Waals surface area contributed by atoms with E-state index >= 15 is 0 Å². The first-order chi connectivity index (χ1) is 24.5. The maximum absolute atomic E-state index is 12.4. The number of rotatable bonds is 9. The van der Waals surface area contributed by atoms with Crippen molar-refractivity contribution in [3.8, 4) is 0 Å². The summed E-state index contributed by atoms with van der Waals surface area (Å²) in [6.07, 6.45) is 7.69. The summed E-state index contributed by atoms with van der Waals surface area (Å²) in [5.41, 5.74) is 1.69. The van der Waals surface area contributed by atoms with Crippen LogP contribution < -0.4 is 0 Å². The lowest BCUT2D eigenvalue weighted by molar-refractivity contribution is -0.212. The van der Waals surface area contributed by atoms with Gasteiger partial charge in [0.2, 0.25) is 28.9 Å². The fourth-order valence-electron chi connectivity index (χ4n) is 5.95. The van der Waals surface area contributed by atoms with E-state index in [1.54, 1.807) is 20.8 Å². The van der Waals surface area contributed by atoms with Crippen molar-refractivity contribution in [1.29, 1.82) is 0 Å². The summed E-state index contributed by atoms with van der Waals surface area (Å²) in [5.74, 6) is -5.59. The third kappa shape index (κ3) is 10.0. The third-order valence-electron chi connectivity index (χ3n) is 8.58. The normalized spacial score (nSPS) is 18.1. The molecule has 1 unspecified atom stereocenters. The van der Waals surface area contributed by atoms with Gasteiger partial charge in [0.25, 0.3) is 5.78 Å². The Morgan fingerprint density at radius 3 is 1.92 bits per heavy atom. The maximum atomic E-state index is 12.4.